The molecule has 0 bridgehead atoms. The standard InChI is InChI=1S/C9H12N2.C7H5N3O7/c1-3-8(7-10-5-1)9-4-2-6-11-9;1-3-4(8(12)13)2-5(9(14)15)7(11)6(3)10(16)17/h1,3,5,7,9,11H,2,4,6H2;2,11H,1H3. The minimum Gasteiger partial charge on any atom is -0.863 e. The van der Waals surface area contributed by atoms with Crippen LogP contribution in [0.4, 0.5) is 17.1 Å². The first kappa shape index (κ1) is 20.6. The number of nitrogens with two attached hydrogens (primary N) is 1. The van der Waals surface area contributed by atoms with Crippen LogP contribution in [0.15, 0.2) is 30.6 Å². The second kappa shape index (κ2) is 8.81. The van der Waals surface area contributed by atoms with E-state index in [1.807, 2.05) is 18.5 Å². The Balaban J connectivity index is 0.000000218. The SMILES string of the molecule is Cc1c([N+](=O)[O-])cc([N+](=O)[O-])c([O-])c1[N+](=O)[O-].c1cncc(C2CCC[NH2+]2)c1. The van der Waals surface area contributed by atoms with Crippen LogP contribution in [0.1, 0.15) is 30.0 Å². The molecule has 0 spiro atoms. The fourth-order valence-electron chi connectivity index (χ4n) is 2.93. The summed E-state index contributed by atoms with van der Waals surface area (Å²) < 4.78 is 0. The minimum absolute atomic E-state index is 0.421. The molecule has 12 nitrogen and oxygen atoms in total. The molecule has 0 amide bonds. The number of rotatable bonds is 4. The third-order valence-corrected chi connectivity index (χ3v) is 4.32. The van der Waals surface area contributed by atoms with Gasteiger partial charge < -0.3 is 10.4 Å². The van der Waals surface area contributed by atoms with Crippen molar-refractivity contribution in [3.05, 3.63) is 72.1 Å². The lowest BCUT2D eigenvalue weighted by atomic mass is 10.1. The Morgan fingerprint density at radius 2 is 1.79 bits per heavy atom. The molecule has 1 aromatic heterocycles. The van der Waals surface area contributed by atoms with Crippen LogP contribution in [-0.2, 0) is 0 Å². The van der Waals surface area contributed by atoms with E-state index in [0.29, 0.717) is 12.1 Å². The Bertz CT molecular complexity index is 860. The fraction of sp³-hybridized carbons (Fsp3) is 0.312. The first-order chi connectivity index (χ1) is 13.2. The number of quaternary nitrogens is 1. The van der Waals surface area contributed by atoms with Crippen LogP contribution in [0.2, 0.25) is 0 Å². The Morgan fingerprint density at radius 3 is 2.25 bits per heavy atom. The van der Waals surface area contributed by atoms with Gasteiger partial charge in [-0.3, -0.25) is 35.3 Å². The summed E-state index contributed by atoms with van der Waals surface area (Å²) in [6, 6.07) is 5.29. The summed E-state index contributed by atoms with van der Waals surface area (Å²) in [6.07, 6.45) is 6.47. The first-order valence-electron chi connectivity index (χ1n) is 8.25. The Morgan fingerprint density at radius 1 is 1.11 bits per heavy atom. The summed E-state index contributed by atoms with van der Waals surface area (Å²) >= 11 is 0. The zero-order chi connectivity index (χ0) is 20.8. The average molecular weight is 391 g/mol. The molecule has 0 aliphatic carbocycles. The molecule has 1 aliphatic heterocycles. The van der Waals surface area contributed by atoms with Crippen LogP contribution in [0.25, 0.3) is 0 Å². The van der Waals surface area contributed by atoms with E-state index in [-0.39, 0.29) is 0 Å². The average Bonchev–Trinajstić information content (AvgIpc) is 3.17. The number of benzene rings is 1. The molecule has 1 atom stereocenters. The summed E-state index contributed by atoms with van der Waals surface area (Å²) in [5.74, 6) is -1.44. The summed E-state index contributed by atoms with van der Waals surface area (Å²) in [5, 5.41) is 45.3. The third-order valence-electron chi connectivity index (χ3n) is 4.32. The molecule has 12 heteroatoms. The molecule has 2 heterocycles. The van der Waals surface area contributed by atoms with Crippen molar-refractivity contribution in [1.82, 2.24) is 4.98 Å². The molecule has 1 aromatic carbocycles. The van der Waals surface area contributed by atoms with E-state index < -0.39 is 43.1 Å². The van der Waals surface area contributed by atoms with Gasteiger partial charge in [0.05, 0.1) is 33.1 Å². The largest absolute Gasteiger partial charge is 0.863 e. The van der Waals surface area contributed by atoms with Gasteiger partial charge in [0.2, 0.25) is 0 Å². The lowest BCUT2D eigenvalue weighted by Crippen LogP contribution is -2.81. The first-order valence-corrected chi connectivity index (χ1v) is 8.25. The van der Waals surface area contributed by atoms with Crippen molar-refractivity contribution in [2.75, 3.05) is 6.54 Å². The molecule has 1 saturated heterocycles. The molecule has 1 fully saturated rings. The molecule has 0 radical (unpaired) electrons. The molecule has 0 saturated carbocycles. The van der Waals surface area contributed by atoms with Gasteiger partial charge in [0.25, 0.3) is 17.1 Å². The molecule has 2 aromatic rings. The van der Waals surface area contributed by atoms with Crippen molar-refractivity contribution in [3.8, 4) is 5.75 Å². The van der Waals surface area contributed by atoms with Gasteiger partial charge in [-0.05, 0) is 13.0 Å². The summed E-state index contributed by atoms with van der Waals surface area (Å²) in [4.78, 5) is 32.3. The molecular weight excluding hydrogens is 374 g/mol. The van der Waals surface area contributed by atoms with Crippen LogP contribution in [-0.4, -0.2) is 26.3 Å². The highest BCUT2D eigenvalue weighted by atomic mass is 16.6. The predicted octanol–water partition coefficient (Wildman–Crippen LogP) is 1.27. The highest BCUT2D eigenvalue weighted by Crippen LogP contribution is 2.40. The molecule has 1 unspecified atom stereocenters. The maximum atomic E-state index is 11.3. The van der Waals surface area contributed by atoms with Crippen molar-refractivity contribution < 1.29 is 25.2 Å². The van der Waals surface area contributed by atoms with E-state index in [4.69, 9.17) is 0 Å². The zero-order valence-electron chi connectivity index (χ0n) is 14.8. The molecule has 3 rings (SSSR count). The number of pyridine rings is 1. The Hall–Kier alpha value is -3.67. The number of nitro groups is 3. The number of hydrogen-bond acceptors (Lipinski definition) is 8. The Labute approximate surface area is 158 Å². The van der Waals surface area contributed by atoms with Gasteiger partial charge in [-0.1, -0.05) is 6.07 Å². The quantitative estimate of drug-likeness (QED) is 0.597. The molecule has 2 N–H and O–H groups in total. The van der Waals surface area contributed by atoms with E-state index in [1.165, 1.54) is 24.9 Å². The van der Waals surface area contributed by atoms with Crippen LogP contribution in [0.3, 0.4) is 0 Å². The van der Waals surface area contributed by atoms with E-state index in [0.717, 1.165) is 6.92 Å². The molecule has 28 heavy (non-hydrogen) atoms. The van der Waals surface area contributed by atoms with Crippen molar-refractivity contribution in [2.24, 2.45) is 0 Å². The number of hydrogen-bond donors (Lipinski definition) is 1. The minimum atomic E-state index is -1.44. The number of nitrogens with zero attached hydrogens (tertiary/aromatic N) is 4. The maximum Gasteiger partial charge on any atom is 0.286 e. The fourth-order valence-corrected chi connectivity index (χ4v) is 2.93. The van der Waals surface area contributed by atoms with Crippen molar-refractivity contribution in [2.45, 2.75) is 25.8 Å². The summed E-state index contributed by atoms with van der Waals surface area (Å²) in [5.41, 5.74) is -2.29. The van der Waals surface area contributed by atoms with Gasteiger partial charge in [0, 0.05) is 30.8 Å². The van der Waals surface area contributed by atoms with Crippen LogP contribution in [0.5, 0.6) is 5.75 Å². The van der Waals surface area contributed by atoms with Crippen LogP contribution in [0, 0.1) is 37.3 Å². The van der Waals surface area contributed by atoms with Gasteiger partial charge in [-0.2, -0.15) is 0 Å². The zero-order valence-corrected chi connectivity index (χ0v) is 14.8. The van der Waals surface area contributed by atoms with Crippen molar-refractivity contribution >= 4 is 17.1 Å². The monoisotopic (exact) mass is 391 g/mol. The van der Waals surface area contributed by atoms with Gasteiger partial charge in [0.1, 0.15) is 11.6 Å². The molecule has 1 aliphatic rings. The van der Waals surface area contributed by atoms with E-state index in [1.54, 1.807) is 0 Å². The summed E-state index contributed by atoms with van der Waals surface area (Å²) in [7, 11) is 0. The lowest BCUT2D eigenvalue weighted by molar-refractivity contribution is -0.676. The van der Waals surface area contributed by atoms with Gasteiger partial charge in [-0.15, -0.1) is 0 Å². The summed E-state index contributed by atoms with van der Waals surface area (Å²) in [6.45, 7) is 2.26. The molecular formula is C16H17N5O7. The third kappa shape index (κ3) is 4.54. The van der Waals surface area contributed by atoms with Crippen molar-refractivity contribution in [3.63, 3.8) is 0 Å². The van der Waals surface area contributed by atoms with Crippen LogP contribution < -0.4 is 10.4 Å². The molecule has 148 valence electrons. The van der Waals surface area contributed by atoms with Crippen LogP contribution >= 0.6 is 0 Å². The van der Waals surface area contributed by atoms with Gasteiger partial charge in [0.15, 0.2) is 0 Å². The highest BCUT2D eigenvalue weighted by molar-refractivity contribution is 5.69. The normalized spacial score (nSPS) is 15.4. The van der Waals surface area contributed by atoms with E-state index >= 15 is 0 Å². The maximum absolute atomic E-state index is 11.3. The van der Waals surface area contributed by atoms with Gasteiger partial charge >= 0.3 is 0 Å². The van der Waals surface area contributed by atoms with Gasteiger partial charge in [-0.25, -0.2) is 0 Å². The van der Waals surface area contributed by atoms with E-state index in [9.17, 15) is 35.4 Å². The second-order valence-electron chi connectivity index (χ2n) is 6.05. The second-order valence-corrected chi connectivity index (χ2v) is 6.05. The highest BCUT2D eigenvalue weighted by Gasteiger charge is 2.29. The smallest absolute Gasteiger partial charge is 0.286 e. The Kier molecular flexibility index (Phi) is 6.50. The lowest BCUT2D eigenvalue weighted by Gasteiger charge is -2.09. The van der Waals surface area contributed by atoms with E-state index in [2.05, 4.69) is 16.4 Å². The predicted molar refractivity (Wildman–Crippen MR) is 93.6 cm³/mol. The number of aromatic nitrogens is 1. The number of nitro benzene ring substituents is 3. The van der Waals surface area contributed by atoms with Crippen molar-refractivity contribution in [1.29, 1.82) is 0 Å². The topological polar surface area (TPSA) is 182 Å².